The number of nitrogens with zero attached hydrogens (tertiary/aromatic N) is 2. The number of carbonyl (C=O) groups excluding carboxylic acids is 1. The molecule has 1 amide bonds. The predicted molar refractivity (Wildman–Crippen MR) is 85.4 cm³/mol. The summed E-state index contributed by atoms with van der Waals surface area (Å²) in [7, 11) is 4.09. The van der Waals surface area contributed by atoms with Crippen LogP contribution in [-0.2, 0) is 11.2 Å². The number of aryl methyl sites for hydroxylation is 2. The lowest BCUT2D eigenvalue weighted by Crippen LogP contribution is -2.34. The van der Waals surface area contributed by atoms with E-state index in [-0.39, 0.29) is 11.9 Å². The summed E-state index contributed by atoms with van der Waals surface area (Å²) in [5.41, 5.74) is 2.34. The molecule has 21 heavy (non-hydrogen) atoms. The fraction of sp³-hybridized carbons (Fsp3) is 0.467. The minimum absolute atomic E-state index is 0.0808. The van der Waals surface area contributed by atoms with Gasteiger partial charge in [-0.1, -0.05) is 0 Å². The highest BCUT2D eigenvalue weighted by Crippen LogP contribution is 2.26. The lowest BCUT2D eigenvalue weighted by Gasteiger charge is -2.24. The summed E-state index contributed by atoms with van der Waals surface area (Å²) in [5, 5.41) is 11.8. The molecule has 2 heterocycles. The maximum absolute atomic E-state index is 12.0. The molecule has 2 aromatic rings. The first-order valence-electron chi connectivity index (χ1n) is 7.02. The number of carbonyl (C=O) groups is 1. The molecule has 1 atom stereocenters. The SMILES string of the molecule is Cc1ccsc1C(CNC(=O)CCc1cn[nH]c1)N(C)C. The van der Waals surface area contributed by atoms with Crippen molar-refractivity contribution < 1.29 is 4.79 Å². The van der Waals surface area contributed by atoms with E-state index in [1.165, 1.54) is 10.4 Å². The summed E-state index contributed by atoms with van der Waals surface area (Å²) in [4.78, 5) is 15.4. The van der Waals surface area contributed by atoms with Gasteiger partial charge in [-0.3, -0.25) is 9.89 Å². The number of amides is 1. The Morgan fingerprint density at radius 2 is 2.33 bits per heavy atom. The van der Waals surface area contributed by atoms with Gasteiger partial charge in [0, 0.05) is 24.0 Å². The minimum Gasteiger partial charge on any atom is -0.354 e. The summed E-state index contributed by atoms with van der Waals surface area (Å²) in [6.07, 6.45) is 4.78. The zero-order valence-electron chi connectivity index (χ0n) is 12.7. The van der Waals surface area contributed by atoms with Crippen LogP contribution in [0.1, 0.15) is 28.5 Å². The Balaban J connectivity index is 1.84. The smallest absolute Gasteiger partial charge is 0.220 e. The number of rotatable bonds is 7. The number of thiophene rings is 1. The molecule has 2 N–H and O–H groups in total. The normalized spacial score (nSPS) is 12.6. The van der Waals surface area contributed by atoms with Gasteiger partial charge in [0.2, 0.25) is 5.91 Å². The molecule has 0 aromatic carbocycles. The summed E-state index contributed by atoms with van der Waals surface area (Å²) >= 11 is 1.74. The Labute approximate surface area is 129 Å². The predicted octanol–water partition coefficient (Wildman–Crippen LogP) is 2.13. The molecule has 2 rings (SSSR count). The first-order valence-corrected chi connectivity index (χ1v) is 7.90. The highest BCUT2D eigenvalue weighted by Gasteiger charge is 2.18. The van der Waals surface area contributed by atoms with E-state index in [9.17, 15) is 4.79 Å². The van der Waals surface area contributed by atoms with E-state index in [1.54, 1.807) is 17.5 Å². The van der Waals surface area contributed by atoms with Crippen molar-refractivity contribution in [2.45, 2.75) is 25.8 Å². The van der Waals surface area contributed by atoms with Crippen LogP contribution in [0.3, 0.4) is 0 Å². The van der Waals surface area contributed by atoms with E-state index in [2.05, 4.69) is 38.8 Å². The fourth-order valence-electron chi connectivity index (χ4n) is 2.21. The first kappa shape index (κ1) is 15.7. The molecule has 0 aliphatic rings. The second kappa shape index (κ2) is 7.38. The van der Waals surface area contributed by atoms with Gasteiger partial charge >= 0.3 is 0 Å². The van der Waals surface area contributed by atoms with Crippen LogP contribution in [0.25, 0.3) is 0 Å². The van der Waals surface area contributed by atoms with E-state index in [0.717, 1.165) is 5.56 Å². The maximum Gasteiger partial charge on any atom is 0.220 e. The van der Waals surface area contributed by atoms with Crippen molar-refractivity contribution in [1.29, 1.82) is 0 Å². The van der Waals surface area contributed by atoms with Crippen LogP contribution >= 0.6 is 11.3 Å². The monoisotopic (exact) mass is 306 g/mol. The summed E-state index contributed by atoms with van der Waals surface area (Å²) in [5.74, 6) is 0.0808. The summed E-state index contributed by atoms with van der Waals surface area (Å²) < 4.78 is 0. The number of hydrogen-bond acceptors (Lipinski definition) is 4. The largest absolute Gasteiger partial charge is 0.354 e. The van der Waals surface area contributed by atoms with Crippen molar-refractivity contribution in [3.63, 3.8) is 0 Å². The zero-order chi connectivity index (χ0) is 15.2. The van der Waals surface area contributed by atoms with Crippen molar-refractivity contribution in [1.82, 2.24) is 20.4 Å². The Hall–Kier alpha value is -1.66. The molecule has 0 spiro atoms. The number of hydrogen-bond donors (Lipinski definition) is 2. The molecule has 0 saturated heterocycles. The van der Waals surface area contributed by atoms with Gasteiger partial charge in [-0.05, 0) is 50.0 Å². The second-order valence-corrected chi connectivity index (χ2v) is 6.31. The van der Waals surface area contributed by atoms with E-state index < -0.39 is 0 Å². The quantitative estimate of drug-likeness (QED) is 0.824. The van der Waals surface area contributed by atoms with Crippen LogP contribution in [0.4, 0.5) is 0 Å². The molecule has 0 radical (unpaired) electrons. The minimum atomic E-state index is 0.0808. The number of aromatic amines is 1. The lowest BCUT2D eigenvalue weighted by molar-refractivity contribution is -0.121. The Bertz CT molecular complexity index is 562. The number of likely N-dealkylation sites (N-methyl/N-ethyl adjacent to an activating group) is 1. The molecule has 114 valence electrons. The van der Waals surface area contributed by atoms with Gasteiger partial charge in [0.05, 0.1) is 12.2 Å². The standard InChI is InChI=1S/C15H22N4OS/c1-11-6-7-21-15(11)13(19(2)3)10-16-14(20)5-4-12-8-17-18-9-12/h6-9,13H,4-5,10H2,1-3H3,(H,16,20)(H,17,18). The van der Waals surface area contributed by atoms with Crippen molar-refractivity contribution in [3.05, 3.63) is 39.8 Å². The van der Waals surface area contributed by atoms with Gasteiger partial charge in [-0.25, -0.2) is 0 Å². The molecule has 1 unspecified atom stereocenters. The van der Waals surface area contributed by atoms with E-state index in [0.29, 0.717) is 19.4 Å². The second-order valence-electron chi connectivity index (χ2n) is 5.36. The molecule has 0 saturated carbocycles. The van der Waals surface area contributed by atoms with Crippen molar-refractivity contribution >= 4 is 17.2 Å². The summed E-state index contributed by atoms with van der Waals surface area (Å²) in [6, 6.07) is 2.35. The van der Waals surface area contributed by atoms with Crippen molar-refractivity contribution in [2.75, 3.05) is 20.6 Å². The number of aromatic nitrogens is 2. The maximum atomic E-state index is 12.0. The average molecular weight is 306 g/mol. The van der Waals surface area contributed by atoms with E-state index in [1.807, 2.05) is 20.3 Å². The van der Waals surface area contributed by atoms with Gasteiger partial charge < -0.3 is 10.2 Å². The summed E-state index contributed by atoms with van der Waals surface area (Å²) in [6.45, 7) is 2.75. The Morgan fingerprint density at radius 3 is 2.90 bits per heavy atom. The highest BCUT2D eigenvalue weighted by atomic mass is 32.1. The molecule has 6 heteroatoms. The topological polar surface area (TPSA) is 61.0 Å². The average Bonchev–Trinajstić information content (AvgIpc) is 3.08. The molecule has 0 aliphatic heterocycles. The van der Waals surface area contributed by atoms with Crippen molar-refractivity contribution in [3.8, 4) is 0 Å². The van der Waals surface area contributed by atoms with Crippen LogP contribution in [-0.4, -0.2) is 41.6 Å². The molecule has 0 fully saturated rings. The lowest BCUT2D eigenvalue weighted by atomic mass is 10.1. The van der Waals surface area contributed by atoms with Crippen LogP contribution in [0.15, 0.2) is 23.8 Å². The third-order valence-electron chi connectivity index (χ3n) is 3.52. The van der Waals surface area contributed by atoms with Gasteiger partial charge in [0.15, 0.2) is 0 Å². The molecule has 2 aromatic heterocycles. The number of nitrogens with one attached hydrogen (secondary N) is 2. The first-order chi connectivity index (χ1) is 10.1. The third-order valence-corrected chi connectivity index (χ3v) is 4.64. The van der Waals surface area contributed by atoms with Crippen LogP contribution < -0.4 is 5.32 Å². The van der Waals surface area contributed by atoms with Gasteiger partial charge in [-0.15, -0.1) is 11.3 Å². The van der Waals surface area contributed by atoms with Gasteiger partial charge in [0.1, 0.15) is 0 Å². The Kier molecular flexibility index (Phi) is 5.52. The van der Waals surface area contributed by atoms with Crippen LogP contribution in [0.5, 0.6) is 0 Å². The zero-order valence-corrected chi connectivity index (χ0v) is 13.5. The van der Waals surface area contributed by atoms with E-state index in [4.69, 9.17) is 0 Å². The van der Waals surface area contributed by atoms with Gasteiger partial charge in [0.25, 0.3) is 0 Å². The highest BCUT2D eigenvalue weighted by molar-refractivity contribution is 7.10. The van der Waals surface area contributed by atoms with Crippen LogP contribution in [0, 0.1) is 6.92 Å². The molecule has 5 nitrogen and oxygen atoms in total. The molecule has 0 bridgehead atoms. The van der Waals surface area contributed by atoms with Crippen LogP contribution in [0.2, 0.25) is 0 Å². The fourth-order valence-corrected chi connectivity index (χ4v) is 3.33. The molecule has 0 aliphatic carbocycles. The Morgan fingerprint density at radius 1 is 1.52 bits per heavy atom. The molecular formula is C15H22N4OS. The van der Waals surface area contributed by atoms with Gasteiger partial charge in [-0.2, -0.15) is 5.10 Å². The third kappa shape index (κ3) is 4.41. The molecular weight excluding hydrogens is 284 g/mol. The van der Waals surface area contributed by atoms with Crippen molar-refractivity contribution in [2.24, 2.45) is 0 Å². The number of H-pyrrole nitrogens is 1. The van der Waals surface area contributed by atoms with E-state index >= 15 is 0 Å².